The Morgan fingerprint density at radius 2 is 1.90 bits per heavy atom. The summed E-state index contributed by atoms with van der Waals surface area (Å²) in [4.78, 5) is 23.7. The minimum absolute atomic E-state index is 0.147. The molecule has 0 heterocycles. The van der Waals surface area contributed by atoms with E-state index in [-0.39, 0.29) is 18.0 Å². The molecule has 0 aliphatic heterocycles. The Bertz CT molecular complexity index is 571. The highest BCUT2D eigenvalue weighted by Crippen LogP contribution is 2.18. The number of nitrogens with one attached hydrogen (secondary N) is 1. The Morgan fingerprint density at radius 1 is 1.20 bits per heavy atom. The molecular weight excluding hydrogens is 254 g/mol. The summed E-state index contributed by atoms with van der Waals surface area (Å²) < 4.78 is 5.12. The average Bonchev–Trinajstić information content (AvgIpc) is 2.87. The van der Waals surface area contributed by atoms with Gasteiger partial charge in [0.15, 0.2) is 0 Å². The van der Waals surface area contributed by atoms with Gasteiger partial charge in [-0.3, -0.25) is 4.79 Å². The van der Waals surface area contributed by atoms with Crippen LogP contribution in [0.1, 0.15) is 30.6 Å². The van der Waals surface area contributed by atoms with Gasteiger partial charge in [-0.25, -0.2) is 4.79 Å². The highest BCUT2D eigenvalue weighted by Gasteiger charge is 2.18. The van der Waals surface area contributed by atoms with Crippen LogP contribution in [0.2, 0.25) is 0 Å². The number of ether oxygens (including phenoxy) is 1. The predicted octanol–water partition coefficient (Wildman–Crippen LogP) is 2.58. The van der Waals surface area contributed by atoms with E-state index in [1.165, 1.54) is 0 Å². The lowest BCUT2D eigenvalue weighted by Gasteiger charge is -2.07. The summed E-state index contributed by atoms with van der Waals surface area (Å²) in [5, 5.41) is 2.77. The van der Waals surface area contributed by atoms with E-state index in [0.717, 1.165) is 0 Å². The number of esters is 1. The van der Waals surface area contributed by atoms with Crippen molar-refractivity contribution in [2.24, 2.45) is 0 Å². The van der Waals surface area contributed by atoms with Crippen LogP contribution in [0.3, 0.4) is 0 Å². The van der Waals surface area contributed by atoms with E-state index in [2.05, 4.69) is 5.32 Å². The Hall–Kier alpha value is -2.36. The maximum absolute atomic E-state index is 12.0. The second-order valence-electron chi connectivity index (χ2n) is 4.81. The van der Waals surface area contributed by atoms with E-state index < -0.39 is 0 Å². The number of carbonyl (C=O) groups is 2. The van der Waals surface area contributed by atoms with Crippen LogP contribution in [-0.2, 0) is 9.53 Å². The Morgan fingerprint density at radius 3 is 2.55 bits per heavy atom. The molecule has 20 heavy (non-hydrogen) atoms. The third-order valence-corrected chi connectivity index (χ3v) is 2.77. The van der Waals surface area contributed by atoms with E-state index in [0.29, 0.717) is 23.3 Å². The van der Waals surface area contributed by atoms with Crippen molar-refractivity contribution < 1.29 is 14.3 Å². The van der Waals surface area contributed by atoms with E-state index in [1.807, 2.05) is 6.07 Å². The lowest BCUT2D eigenvalue weighted by molar-refractivity contribution is -0.142. The van der Waals surface area contributed by atoms with Crippen molar-refractivity contribution >= 4 is 11.9 Å². The van der Waals surface area contributed by atoms with Gasteiger partial charge in [0.1, 0.15) is 0 Å². The van der Waals surface area contributed by atoms with Gasteiger partial charge in [-0.2, -0.15) is 0 Å². The van der Waals surface area contributed by atoms with Crippen LogP contribution in [0, 0.1) is 0 Å². The lowest BCUT2D eigenvalue weighted by Crippen LogP contribution is -2.21. The average molecular weight is 271 g/mol. The van der Waals surface area contributed by atoms with Gasteiger partial charge in [-0.1, -0.05) is 24.3 Å². The number of hydrogen-bond acceptors (Lipinski definition) is 3. The molecule has 1 amide bonds. The van der Waals surface area contributed by atoms with Crippen molar-refractivity contribution in [3.8, 4) is 0 Å². The summed E-state index contributed by atoms with van der Waals surface area (Å²) >= 11 is 0. The molecule has 1 aliphatic carbocycles. The monoisotopic (exact) mass is 271 g/mol. The number of benzene rings is 1. The topological polar surface area (TPSA) is 55.4 Å². The van der Waals surface area contributed by atoms with Gasteiger partial charge < -0.3 is 10.1 Å². The maximum Gasteiger partial charge on any atom is 0.334 e. The molecule has 0 radical (unpaired) electrons. The molecule has 0 saturated heterocycles. The Balaban J connectivity index is 1.97. The van der Waals surface area contributed by atoms with Crippen LogP contribution in [0.5, 0.6) is 0 Å². The van der Waals surface area contributed by atoms with Crippen LogP contribution >= 0.6 is 0 Å². The number of amides is 1. The van der Waals surface area contributed by atoms with E-state index in [1.54, 1.807) is 50.3 Å². The van der Waals surface area contributed by atoms with Crippen molar-refractivity contribution in [1.82, 2.24) is 5.32 Å². The third-order valence-electron chi connectivity index (χ3n) is 2.77. The molecule has 1 aromatic rings. The SMILES string of the molecule is CC(C)OC(=O)C1=CC(NC(=O)c2ccccc2)=CC1. The molecule has 1 aromatic carbocycles. The molecule has 0 fully saturated rings. The second kappa shape index (κ2) is 6.19. The van der Waals surface area contributed by atoms with Crippen molar-refractivity contribution in [2.45, 2.75) is 26.4 Å². The van der Waals surface area contributed by atoms with Crippen LogP contribution in [0.4, 0.5) is 0 Å². The maximum atomic E-state index is 12.0. The molecule has 1 aliphatic rings. The van der Waals surface area contributed by atoms with Crippen molar-refractivity contribution in [2.75, 3.05) is 0 Å². The first-order chi connectivity index (χ1) is 9.56. The molecule has 1 N–H and O–H groups in total. The summed E-state index contributed by atoms with van der Waals surface area (Å²) in [6.45, 7) is 3.61. The van der Waals surface area contributed by atoms with E-state index in [4.69, 9.17) is 4.74 Å². The smallest absolute Gasteiger partial charge is 0.334 e. The Kier molecular flexibility index (Phi) is 4.35. The summed E-state index contributed by atoms with van der Waals surface area (Å²) in [6, 6.07) is 8.94. The lowest BCUT2D eigenvalue weighted by atomic mass is 10.2. The van der Waals surface area contributed by atoms with Crippen LogP contribution in [0.25, 0.3) is 0 Å². The fourth-order valence-corrected chi connectivity index (χ4v) is 1.84. The van der Waals surface area contributed by atoms with Crippen LogP contribution < -0.4 is 5.32 Å². The first-order valence-corrected chi connectivity index (χ1v) is 6.54. The molecule has 0 saturated carbocycles. The van der Waals surface area contributed by atoms with Crippen LogP contribution in [0.15, 0.2) is 53.8 Å². The molecule has 0 atom stereocenters. The summed E-state index contributed by atoms with van der Waals surface area (Å²) in [5.74, 6) is -0.521. The van der Waals surface area contributed by atoms with Crippen molar-refractivity contribution in [3.63, 3.8) is 0 Å². The molecule has 2 rings (SSSR count). The van der Waals surface area contributed by atoms with Crippen molar-refractivity contribution in [3.05, 3.63) is 59.3 Å². The molecule has 104 valence electrons. The van der Waals surface area contributed by atoms with Crippen molar-refractivity contribution in [1.29, 1.82) is 0 Å². The summed E-state index contributed by atoms with van der Waals surface area (Å²) in [6.07, 6.45) is 3.80. The highest BCUT2D eigenvalue weighted by molar-refractivity contribution is 5.96. The summed E-state index contributed by atoms with van der Waals surface area (Å²) in [5.41, 5.74) is 1.77. The van der Waals surface area contributed by atoms with E-state index in [9.17, 15) is 9.59 Å². The van der Waals surface area contributed by atoms with Gasteiger partial charge in [0.25, 0.3) is 5.91 Å². The number of rotatable bonds is 4. The minimum atomic E-state index is -0.333. The third kappa shape index (κ3) is 3.57. The van der Waals surface area contributed by atoms with Gasteiger partial charge in [-0.05, 0) is 38.5 Å². The highest BCUT2D eigenvalue weighted by atomic mass is 16.5. The molecule has 0 bridgehead atoms. The fourth-order valence-electron chi connectivity index (χ4n) is 1.84. The predicted molar refractivity (Wildman–Crippen MR) is 75.9 cm³/mol. The van der Waals surface area contributed by atoms with Gasteiger partial charge in [0, 0.05) is 16.8 Å². The molecule has 0 spiro atoms. The van der Waals surface area contributed by atoms with E-state index >= 15 is 0 Å². The van der Waals surface area contributed by atoms with Gasteiger partial charge in [0.2, 0.25) is 0 Å². The van der Waals surface area contributed by atoms with Gasteiger partial charge in [0.05, 0.1) is 6.10 Å². The second-order valence-corrected chi connectivity index (χ2v) is 4.81. The molecular formula is C16H17NO3. The number of carbonyl (C=O) groups excluding carboxylic acids is 2. The first-order valence-electron chi connectivity index (χ1n) is 6.54. The normalized spacial score (nSPS) is 13.8. The molecule has 4 heteroatoms. The summed E-state index contributed by atoms with van der Waals surface area (Å²) in [7, 11) is 0. The zero-order chi connectivity index (χ0) is 14.5. The first kappa shape index (κ1) is 14.1. The fraction of sp³-hybridized carbons (Fsp3) is 0.250. The zero-order valence-electron chi connectivity index (χ0n) is 11.6. The molecule has 0 aromatic heterocycles. The number of hydrogen-bond donors (Lipinski definition) is 1. The van der Waals surface area contributed by atoms with Crippen LogP contribution in [-0.4, -0.2) is 18.0 Å². The zero-order valence-corrected chi connectivity index (χ0v) is 11.6. The minimum Gasteiger partial charge on any atom is -0.460 e. The quantitative estimate of drug-likeness (QED) is 0.856. The standard InChI is InChI=1S/C16H17NO3/c1-11(2)20-16(19)13-8-9-14(10-13)17-15(18)12-6-4-3-5-7-12/h3-7,9-11H,8H2,1-2H3,(H,17,18). The number of allylic oxidation sites excluding steroid dienone is 2. The Labute approximate surface area is 118 Å². The van der Waals surface area contributed by atoms with Gasteiger partial charge in [-0.15, -0.1) is 0 Å². The molecule has 0 unspecified atom stereocenters. The largest absolute Gasteiger partial charge is 0.460 e. The van der Waals surface area contributed by atoms with Gasteiger partial charge >= 0.3 is 5.97 Å². The molecule has 4 nitrogen and oxygen atoms in total.